The van der Waals surface area contributed by atoms with Gasteiger partial charge in [-0.05, 0) is 30.5 Å². The van der Waals surface area contributed by atoms with Crippen LogP contribution in [-0.2, 0) is 6.42 Å². The van der Waals surface area contributed by atoms with Gasteiger partial charge in [0.05, 0.1) is 5.02 Å². The zero-order valence-corrected chi connectivity index (χ0v) is 11.4. The van der Waals surface area contributed by atoms with Crippen LogP contribution in [0.25, 0.3) is 0 Å². The summed E-state index contributed by atoms with van der Waals surface area (Å²) in [6, 6.07) is 3.60. The van der Waals surface area contributed by atoms with Crippen LogP contribution in [0, 0.1) is 0 Å². The molecule has 94 valence electrons. The molecule has 0 aliphatic carbocycles. The summed E-state index contributed by atoms with van der Waals surface area (Å²) in [6.07, 6.45) is 3.27. The summed E-state index contributed by atoms with van der Waals surface area (Å²) in [5, 5.41) is 1.11. The first-order valence-electron chi connectivity index (χ1n) is 5.55. The fourth-order valence-corrected chi connectivity index (χ4v) is 2.09. The van der Waals surface area contributed by atoms with E-state index in [0.717, 1.165) is 12.0 Å². The van der Waals surface area contributed by atoms with Crippen LogP contribution in [0.4, 0.5) is 0 Å². The molecule has 1 aromatic carbocycles. The minimum absolute atomic E-state index is 0.0793. The number of rotatable bonds is 6. The van der Waals surface area contributed by atoms with E-state index in [2.05, 4.69) is 6.58 Å². The van der Waals surface area contributed by atoms with Crippen molar-refractivity contribution in [3.63, 3.8) is 0 Å². The molecule has 2 nitrogen and oxygen atoms in total. The van der Waals surface area contributed by atoms with Gasteiger partial charge >= 0.3 is 0 Å². The van der Waals surface area contributed by atoms with Gasteiger partial charge in [-0.15, -0.1) is 0 Å². The third kappa shape index (κ3) is 4.23. The predicted molar refractivity (Wildman–Crippen MR) is 74.1 cm³/mol. The molecule has 0 radical (unpaired) electrons. The van der Waals surface area contributed by atoms with E-state index < -0.39 is 0 Å². The molecule has 2 N–H and O–H groups in total. The number of halogens is 2. The second kappa shape index (κ2) is 6.90. The zero-order chi connectivity index (χ0) is 12.8. The molecular weight excluding hydrogens is 257 g/mol. The molecule has 0 saturated carbocycles. The highest BCUT2D eigenvalue weighted by molar-refractivity contribution is 6.35. The maximum absolute atomic E-state index is 6.11. The van der Waals surface area contributed by atoms with Crippen LogP contribution in [0.3, 0.4) is 0 Å². The fraction of sp³-hybridized carbons (Fsp3) is 0.385. The number of hydrogen-bond donors (Lipinski definition) is 1. The van der Waals surface area contributed by atoms with Gasteiger partial charge in [0.1, 0.15) is 12.4 Å². The first-order valence-corrected chi connectivity index (χ1v) is 6.31. The van der Waals surface area contributed by atoms with Crippen molar-refractivity contribution >= 4 is 23.2 Å². The molecule has 17 heavy (non-hydrogen) atoms. The van der Waals surface area contributed by atoms with Gasteiger partial charge in [-0.2, -0.15) is 0 Å². The average Bonchev–Trinajstić information content (AvgIpc) is 2.27. The number of nitrogens with two attached hydrogens (primary N) is 1. The van der Waals surface area contributed by atoms with Gasteiger partial charge in [0.15, 0.2) is 0 Å². The van der Waals surface area contributed by atoms with E-state index in [4.69, 9.17) is 33.7 Å². The molecule has 0 aliphatic heterocycles. The molecule has 0 amide bonds. The van der Waals surface area contributed by atoms with Crippen LogP contribution in [-0.4, -0.2) is 12.6 Å². The second-order valence-corrected chi connectivity index (χ2v) is 4.69. The standard InChI is InChI=1S/C13H17Cl2NO/c1-3-5-17-13-9(7-11(16)4-2)6-10(14)8-12(13)15/h3,6,8,11H,1,4-5,7,16H2,2H3. The van der Waals surface area contributed by atoms with Gasteiger partial charge in [0.2, 0.25) is 0 Å². The van der Waals surface area contributed by atoms with Crippen molar-refractivity contribution in [3.05, 3.63) is 40.4 Å². The highest BCUT2D eigenvalue weighted by atomic mass is 35.5. The van der Waals surface area contributed by atoms with E-state index in [-0.39, 0.29) is 6.04 Å². The molecule has 1 atom stereocenters. The van der Waals surface area contributed by atoms with E-state index in [0.29, 0.717) is 28.8 Å². The van der Waals surface area contributed by atoms with Gasteiger partial charge in [-0.1, -0.05) is 42.8 Å². The SMILES string of the molecule is C=CCOc1c(Cl)cc(Cl)cc1CC(N)CC. The summed E-state index contributed by atoms with van der Waals surface area (Å²) >= 11 is 12.1. The molecule has 0 saturated heterocycles. The van der Waals surface area contributed by atoms with Crippen molar-refractivity contribution in [1.29, 1.82) is 0 Å². The molecule has 0 aliphatic rings. The van der Waals surface area contributed by atoms with Crippen LogP contribution in [0.1, 0.15) is 18.9 Å². The Hall–Kier alpha value is -0.700. The fourth-order valence-electron chi connectivity index (χ4n) is 1.50. The Bertz CT molecular complexity index is 393. The van der Waals surface area contributed by atoms with E-state index in [1.54, 1.807) is 12.1 Å². The first-order chi connectivity index (χ1) is 8.08. The number of hydrogen-bond acceptors (Lipinski definition) is 2. The molecule has 0 heterocycles. The minimum Gasteiger partial charge on any atom is -0.488 e. The van der Waals surface area contributed by atoms with Gasteiger partial charge in [-0.25, -0.2) is 0 Å². The summed E-state index contributed by atoms with van der Waals surface area (Å²) in [5.41, 5.74) is 6.88. The Morgan fingerprint density at radius 1 is 1.47 bits per heavy atom. The average molecular weight is 274 g/mol. The smallest absolute Gasteiger partial charge is 0.141 e. The Balaban J connectivity index is 3.01. The molecule has 4 heteroatoms. The van der Waals surface area contributed by atoms with Crippen molar-refractivity contribution in [2.75, 3.05) is 6.61 Å². The summed E-state index contributed by atoms with van der Waals surface area (Å²) in [5.74, 6) is 0.653. The van der Waals surface area contributed by atoms with Crippen LogP contribution in [0.15, 0.2) is 24.8 Å². The Labute approximate surface area is 112 Å². The van der Waals surface area contributed by atoms with E-state index >= 15 is 0 Å². The molecule has 0 bridgehead atoms. The maximum atomic E-state index is 6.11. The van der Waals surface area contributed by atoms with Crippen LogP contribution >= 0.6 is 23.2 Å². The monoisotopic (exact) mass is 273 g/mol. The lowest BCUT2D eigenvalue weighted by molar-refractivity contribution is 0.358. The van der Waals surface area contributed by atoms with Gasteiger partial charge < -0.3 is 10.5 Å². The maximum Gasteiger partial charge on any atom is 0.141 e. The molecule has 1 aromatic rings. The molecular formula is C13H17Cl2NO. The largest absolute Gasteiger partial charge is 0.488 e. The van der Waals surface area contributed by atoms with E-state index in [1.807, 2.05) is 13.0 Å². The third-order valence-corrected chi connectivity index (χ3v) is 2.94. The first kappa shape index (κ1) is 14.4. The lowest BCUT2D eigenvalue weighted by atomic mass is 10.0. The second-order valence-electron chi connectivity index (χ2n) is 3.85. The van der Waals surface area contributed by atoms with Crippen molar-refractivity contribution in [1.82, 2.24) is 0 Å². The summed E-state index contributed by atoms with van der Waals surface area (Å²) in [4.78, 5) is 0. The van der Waals surface area contributed by atoms with Crippen molar-refractivity contribution in [2.24, 2.45) is 5.73 Å². The molecule has 1 unspecified atom stereocenters. The summed E-state index contributed by atoms with van der Waals surface area (Å²) in [7, 11) is 0. The van der Waals surface area contributed by atoms with Crippen molar-refractivity contribution < 1.29 is 4.74 Å². The Kier molecular flexibility index (Phi) is 5.83. The quantitative estimate of drug-likeness (QED) is 0.800. The lowest BCUT2D eigenvalue weighted by Crippen LogP contribution is -2.21. The normalized spacial score (nSPS) is 12.2. The van der Waals surface area contributed by atoms with Crippen molar-refractivity contribution in [2.45, 2.75) is 25.8 Å². The third-order valence-electron chi connectivity index (χ3n) is 2.44. The van der Waals surface area contributed by atoms with E-state index in [1.165, 1.54) is 0 Å². The van der Waals surface area contributed by atoms with Crippen molar-refractivity contribution in [3.8, 4) is 5.75 Å². The molecule has 0 fully saturated rings. The molecule has 0 aromatic heterocycles. The van der Waals surface area contributed by atoms with Crippen LogP contribution in [0.2, 0.25) is 10.0 Å². The Morgan fingerprint density at radius 3 is 2.76 bits per heavy atom. The summed E-state index contributed by atoms with van der Waals surface area (Å²) in [6.45, 7) is 6.07. The van der Waals surface area contributed by atoms with Gasteiger partial charge in [0.25, 0.3) is 0 Å². The van der Waals surface area contributed by atoms with Gasteiger partial charge in [0, 0.05) is 11.1 Å². The number of benzene rings is 1. The molecule has 0 spiro atoms. The van der Waals surface area contributed by atoms with Crippen LogP contribution in [0.5, 0.6) is 5.75 Å². The molecule has 1 rings (SSSR count). The van der Waals surface area contributed by atoms with E-state index in [9.17, 15) is 0 Å². The zero-order valence-electron chi connectivity index (χ0n) is 9.88. The topological polar surface area (TPSA) is 35.2 Å². The highest BCUT2D eigenvalue weighted by Gasteiger charge is 2.13. The predicted octanol–water partition coefficient (Wildman–Crippen LogP) is 3.84. The lowest BCUT2D eigenvalue weighted by Gasteiger charge is -2.15. The number of ether oxygens (including phenoxy) is 1. The van der Waals surface area contributed by atoms with Crippen LogP contribution < -0.4 is 10.5 Å². The summed E-state index contributed by atoms with van der Waals surface area (Å²) < 4.78 is 5.55. The highest BCUT2D eigenvalue weighted by Crippen LogP contribution is 2.33. The minimum atomic E-state index is 0.0793. The van der Waals surface area contributed by atoms with Gasteiger partial charge in [-0.3, -0.25) is 0 Å². The Morgan fingerprint density at radius 2 is 2.18 bits per heavy atom.